The first-order valence-corrected chi connectivity index (χ1v) is 4.91. The topological polar surface area (TPSA) is 0 Å². The second-order valence-corrected chi connectivity index (χ2v) is 4.72. The maximum Gasteiger partial charge on any atom is -0.0263 e. The van der Waals surface area contributed by atoms with Gasteiger partial charge >= 0.3 is 0 Å². The summed E-state index contributed by atoms with van der Waals surface area (Å²) in [5.41, 5.74) is 0.946. The molecule has 0 amide bonds. The first kappa shape index (κ1) is 5.62. The van der Waals surface area contributed by atoms with Crippen LogP contribution in [0.15, 0.2) is 0 Å². The van der Waals surface area contributed by atoms with E-state index in [0.29, 0.717) is 0 Å². The summed E-state index contributed by atoms with van der Waals surface area (Å²) in [5.74, 6) is 2.42. The van der Waals surface area contributed by atoms with Crippen molar-refractivity contribution in [2.75, 3.05) is 0 Å². The lowest BCUT2D eigenvalue weighted by Crippen LogP contribution is -1.97. The molecule has 0 bridgehead atoms. The fourth-order valence-electron chi connectivity index (χ4n) is 3.20. The smallest absolute Gasteiger partial charge is 0.0263 e. The largest absolute Gasteiger partial charge is 0.0527 e. The summed E-state index contributed by atoms with van der Waals surface area (Å²) in [7, 11) is 0. The molecule has 0 aliphatic heterocycles. The van der Waals surface area contributed by atoms with E-state index >= 15 is 0 Å². The Morgan fingerprint density at radius 2 is 1.70 bits per heavy atom. The Hall–Kier alpha value is 0. The SMILES string of the molecule is C1CCC2(C1)CC2C1CC1. The first-order chi connectivity index (χ1) is 4.91. The van der Waals surface area contributed by atoms with Crippen molar-refractivity contribution in [1.29, 1.82) is 0 Å². The van der Waals surface area contributed by atoms with Crippen LogP contribution in [0.4, 0.5) is 0 Å². The molecular formula is C10H16. The van der Waals surface area contributed by atoms with Crippen LogP contribution in [-0.2, 0) is 0 Å². The molecule has 0 aromatic rings. The molecule has 3 aliphatic rings. The number of hydrogen-bond donors (Lipinski definition) is 0. The molecule has 0 aromatic heterocycles. The highest BCUT2D eigenvalue weighted by molar-refractivity contribution is 5.09. The summed E-state index contributed by atoms with van der Waals surface area (Å²) in [5, 5.41) is 0. The van der Waals surface area contributed by atoms with E-state index in [4.69, 9.17) is 0 Å². The highest BCUT2D eigenvalue weighted by atomic mass is 14.6. The Morgan fingerprint density at radius 1 is 1.00 bits per heavy atom. The maximum atomic E-state index is 1.62. The van der Waals surface area contributed by atoms with Gasteiger partial charge in [-0.15, -0.1) is 0 Å². The van der Waals surface area contributed by atoms with E-state index in [1.165, 1.54) is 11.8 Å². The number of hydrogen-bond acceptors (Lipinski definition) is 0. The van der Waals surface area contributed by atoms with Gasteiger partial charge in [-0.3, -0.25) is 0 Å². The summed E-state index contributed by atoms with van der Waals surface area (Å²) in [6, 6.07) is 0. The van der Waals surface area contributed by atoms with Gasteiger partial charge in [-0.2, -0.15) is 0 Å². The molecule has 0 radical (unpaired) electrons. The predicted molar refractivity (Wildman–Crippen MR) is 41.7 cm³/mol. The van der Waals surface area contributed by atoms with Crippen LogP contribution >= 0.6 is 0 Å². The Labute approximate surface area is 63.0 Å². The van der Waals surface area contributed by atoms with Crippen LogP contribution in [-0.4, -0.2) is 0 Å². The summed E-state index contributed by atoms with van der Waals surface area (Å²) >= 11 is 0. The van der Waals surface area contributed by atoms with Gasteiger partial charge < -0.3 is 0 Å². The molecule has 1 atom stereocenters. The average Bonchev–Trinajstić information content (AvgIpc) is 2.71. The highest BCUT2D eigenvalue weighted by Gasteiger charge is 2.59. The second kappa shape index (κ2) is 1.60. The van der Waals surface area contributed by atoms with Crippen molar-refractivity contribution in [2.24, 2.45) is 17.3 Å². The molecule has 0 nitrogen and oxygen atoms in total. The zero-order valence-electron chi connectivity index (χ0n) is 6.60. The Kier molecular flexibility index (Phi) is 0.898. The lowest BCUT2D eigenvalue weighted by atomic mass is 10.00. The van der Waals surface area contributed by atoms with Gasteiger partial charge in [0.05, 0.1) is 0 Å². The molecule has 3 rings (SSSR count). The lowest BCUT2D eigenvalue weighted by Gasteiger charge is -2.05. The van der Waals surface area contributed by atoms with E-state index < -0.39 is 0 Å². The van der Waals surface area contributed by atoms with Crippen LogP contribution in [0, 0.1) is 17.3 Å². The molecule has 3 fully saturated rings. The molecular weight excluding hydrogens is 120 g/mol. The van der Waals surface area contributed by atoms with Crippen molar-refractivity contribution in [3.8, 4) is 0 Å². The monoisotopic (exact) mass is 136 g/mol. The van der Waals surface area contributed by atoms with Gasteiger partial charge in [-0.25, -0.2) is 0 Å². The van der Waals surface area contributed by atoms with E-state index in [1.54, 1.807) is 44.9 Å². The quantitative estimate of drug-likeness (QED) is 0.520. The summed E-state index contributed by atoms with van der Waals surface area (Å²) in [6.45, 7) is 0. The van der Waals surface area contributed by atoms with E-state index in [-0.39, 0.29) is 0 Å². The normalized spacial score (nSPS) is 42.6. The molecule has 1 spiro atoms. The van der Waals surface area contributed by atoms with Crippen molar-refractivity contribution in [3.63, 3.8) is 0 Å². The van der Waals surface area contributed by atoms with Gasteiger partial charge in [-0.05, 0) is 49.4 Å². The fourth-order valence-corrected chi connectivity index (χ4v) is 3.20. The Balaban J connectivity index is 1.73. The first-order valence-electron chi connectivity index (χ1n) is 4.91. The maximum absolute atomic E-state index is 1.62. The molecule has 0 saturated heterocycles. The van der Waals surface area contributed by atoms with Gasteiger partial charge in [0.25, 0.3) is 0 Å². The molecule has 0 heteroatoms. The Morgan fingerprint density at radius 3 is 2.30 bits per heavy atom. The Bertz CT molecular complexity index is 149. The van der Waals surface area contributed by atoms with Crippen molar-refractivity contribution in [3.05, 3.63) is 0 Å². The predicted octanol–water partition coefficient (Wildman–Crippen LogP) is 2.98. The fraction of sp³-hybridized carbons (Fsp3) is 1.00. The summed E-state index contributed by atoms with van der Waals surface area (Å²) in [4.78, 5) is 0. The molecule has 1 unspecified atom stereocenters. The zero-order valence-corrected chi connectivity index (χ0v) is 6.60. The highest BCUT2D eigenvalue weighted by Crippen LogP contribution is 2.69. The van der Waals surface area contributed by atoms with Crippen LogP contribution in [0.2, 0.25) is 0 Å². The standard InChI is InChI=1S/C10H16/c1-2-6-10(5-1)7-9(10)8-3-4-8/h8-9H,1-7H2. The van der Waals surface area contributed by atoms with Crippen molar-refractivity contribution in [1.82, 2.24) is 0 Å². The molecule has 3 aliphatic carbocycles. The molecule has 0 heterocycles. The van der Waals surface area contributed by atoms with Crippen LogP contribution in [0.5, 0.6) is 0 Å². The molecule has 0 N–H and O–H groups in total. The third-order valence-electron chi connectivity index (χ3n) is 4.04. The zero-order chi connectivity index (χ0) is 6.60. The summed E-state index contributed by atoms with van der Waals surface area (Å²) in [6.07, 6.45) is 11.0. The minimum Gasteiger partial charge on any atom is -0.0527 e. The van der Waals surface area contributed by atoms with Crippen LogP contribution < -0.4 is 0 Å². The molecule has 0 aromatic carbocycles. The van der Waals surface area contributed by atoms with Gasteiger partial charge in [0.2, 0.25) is 0 Å². The van der Waals surface area contributed by atoms with Gasteiger partial charge in [0, 0.05) is 0 Å². The van der Waals surface area contributed by atoms with E-state index in [0.717, 1.165) is 5.41 Å². The van der Waals surface area contributed by atoms with E-state index in [1.807, 2.05) is 0 Å². The minimum atomic E-state index is 0.946. The number of rotatable bonds is 1. The third-order valence-corrected chi connectivity index (χ3v) is 4.04. The van der Waals surface area contributed by atoms with Crippen molar-refractivity contribution >= 4 is 0 Å². The molecule has 56 valence electrons. The molecule has 10 heavy (non-hydrogen) atoms. The van der Waals surface area contributed by atoms with Crippen molar-refractivity contribution in [2.45, 2.75) is 44.9 Å². The van der Waals surface area contributed by atoms with Gasteiger partial charge in [0.15, 0.2) is 0 Å². The minimum absolute atomic E-state index is 0.946. The van der Waals surface area contributed by atoms with Gasteiger partial charge in [-0.1, -0.05) is 12.8 Å². The van der Waals surface area contributed by atoms with Crippen LogP contribution in [0.3, 0.4) is 0 Å². The van der Waals surface area contributed by atoms with E-state index in [2.05, 4.69) is 0 Å². The second-order valence-electron chi connectivity index (χ2n) is 4.72. The van der Waals surface area contributed by atoms with Crippen LogP contribution in [0.1, 0.15) is 44.9 Å². The van der Waals surface area contributed by atoms with Gasteiger partial charge in [0.1, 0.15) is 0 Å². The van der Waals surface area contributed by atoms with Crippen molar-refractivity contribution < 1.29 is 0 Å². The average molecular weight is 136 g/mol. The van der Waals surface area contributed by atoms with E-state index in [9.17, 15) is 0 Å². The lowest BCUT2D eigenvalue weighted by molar-refractivity contribution is 0.444. The molecule has 3 saturated carbocycles. The third kappa shape index (κ3) is 0.627. The summed E-state index contributed by atoms with van der Waals surface area (Å²) < 4.78 is 0. The van der Waals surface area contributed by atoms with Crippen LogP contribution in [0.25, 0.3) is 0 Å².